The topological polar surface area (TPSA) is 76.6 Å². The summed E-state index contributed by atoms with van der Waals surface area (Å²) in [7, 11) is 1.63. The van der Waals surface area contributed by atoms with Gasteiger partial charge in [-0.05, 0) is 29.7 Å². The molecule has 0 radical (unpaired) electrons. The molecule has 1 N–H and O–H groups in total. The van der Waals surface area contributed by atoms with Crippen molar-refractivity contribution >= 4 is 22.6 Å². The zero-order valence-electron chi connectivity index (χ0n) is 14.8. The number of rotatable bonds is 6. The molecular weight excluding hydrogens is 362 g/mol. The zero-order chi connectivity index (χ0) is 18.6. The van der Waals surface area contributed by atoms with E-state index in [9.17, 15) is 0 Å². The summed E-state index contributed by atoms with van der Waals surface area (Å²) in [6.45, 7) is 0. The lowest BCUT2D eigenvalue weighted by atomic mass is 10.1. The SMILES string of the molecule is COc1ncccc1CCc1ncc(Cc2c[nH]c3ncc(Cl)cc23)cn1. The van der Waals surface area contributed by atoms with E-state index in [1.807, 2.05) is 36.8 Å². The van der Waals surface area contributed by atoms with Crippen LogP contribution in [0, 0.1) is 0 Å². The van der Waals surface area contributed by atoms with Gasteiger partial charge in [-0.2, -0.15) is 0 Å². The average molecular weight is 380 g/mol. The molecule has 0 aromatic carbocycles. The van der Waals surface area contributed by atoms with Crippen molar-refractivity contribution in [3.8, 4) is 5.88 Å². The normalized spacial score (nSPS) is 11.0. The molecule has 7 heteroatoms. The molecular formula is C20H18ClN5O. The fourth-order valence-electron chi connectivity index (χ4n) is 3.05. The van der Waals surface area contributed by atoms with E-state index in [2.05, 4.69) is 24.9 Å². The standard InChI is InChI=1S/C20H18ClN5O/c1-27-20-14(3-2-6-22-20)4-5-18-23-9-13(10-24-18)7-15-11-25-19-17(15)8-16(21)12-26-19/h2-3,6,8-12H,4-5,7H2,1H3,(H,25,26). The summed E-state index contributed by atoms with van der Waals surface area (Å²) in [6, 6.07) is 5.84. The van der Waals surface area contributed by atoms with Crippen LogP contribution in [0.5, 0.6) is 5.88 Å². The summed E-state index contributed by atoms with van der Waals surface area (Å²) in [5.74, 6) is 1.45. The summed E-state index contributed by atoms with van der Waals surface area (Å²) in [5.41, 5.74) is 4.04. The highest BCUT2D eigenvalue weighted by atomic mass is 35.5. The van der Waals surface area contributed by atoms with E-state index < -0.39 is 0 Å². The van der Waals surface area contributed by atoms with Gasteiger partial charge in [-0.25, -0.2) is 19.9 Å². The molecule has 0 fully saturated rings. The number of aromatic nitrogens is 5. The molecule has 4 aromatic rings. The van der Waals surface area contributed by atoms with Gasteiger partial charge in [-0.15, -0.1) is 0 Å². The number of aryl methyl sites for hydroxylation is 2. The van der Waals surface area contributed by atoms with Crippen LogP contribution < -0.4 is 4.74 Å². The van der Waals surface area contributed by atoms with Crippen molar-refractivity contribution in [1.82, 2.24) is 24.9 Å². The Bertz CT molecular complexity index is 1060. The van der Waals surface area contributed by atoms with E-state index >= 15 is 0 Å². The first-order valence-corrected chi connectivity index (χ1v) is 9.00. The number of H-pyrrole nitrogens is 1. The molecule has 4 rings (SSSR count). The maximum absolute atomic E-state index is 6.06. The van der Waals surface area contributed by atoms with Crippen LogP contribution in [0.2, 0.25) is 5.02 Å². The second kappa shape index (κ2) is 7.72. The molecule has 0 atom stereocenters. The lowest BCUT2D eigenvalue weighted by Gasteiger charge is -2.06. The molecule has 0 aliphatic carbocycles. The Morgan fingerprint density at radius 1 is 1.04 bits per heavy atom. The predicted octanol–water partition coefficient (Wildman–Crippen LogP) is 3.79. The fourth-order valence-corrected chi connectivity index (χ4v) is 3.20. The predicted molar refractivity (Wildman–Crippen MR) is 104 cm³/mol. The number of hydrogen-bond acceptors (Lipinski definition) is 5. The molecule has 136 valence electrons. The van der Waals surface area contributed by atoms with Crippen molar-refractivity contribution in [3.05, 3.63) is 76.7 Å². The van der Waals surface area contributed by atoms with Crippen molar-refractivity contribution in [3.63, 3.8) is 0 Å². The van der Waals surface area contributed by atoms with Crippen LogP contribution in [0.1, 0.15) is 22.5 Å². The monoisotopic (exact) mass is 379 g/mol. The maximum atomic E-state index is 6.06. The summed E-state index contributed by atoms with van der Waals surface area (Å²) < 4.78 is 5.29. The lowest BCUT2D eigenvalue weighted by molar-refractivity contribution is 0.392. The Hall–Kier alpha value is -2.99. The van der Waals surface area contributed by atoms with Crippen LogP contribution in [0.15, 0.2) is 49.2 Å². The second-order valence-electron chi connectivity index (χ2n) is 6.22. The summed E-state index contributed by atoms with van der Waals surface area (Å²) in [5, 5.41) is 1.65. The van der Waals surface area contributed by atoms with Gasteiger partial charge in [0.25, 0.3) is 0 Å². The number of pyridine rings is 2. The van der Waals surface area contributed by atoms with Gasteiger partial charge >= 0.3 is 0 Å². The average Bonchev–Trinajstić information content (AvgIpc) is 3.09. The number of nitrogens with one attached hydrogen (secondary N) is 1. The van der Waals surface area contributed by atoms with Crippen LogP contribution in [-0.4, -0.2) is 32.0 Å². The van der Waals surface area contributed by atoms with Gasteiger partial charge < -0.3 is 9.72 Å². The van der Waals surface area contributed by atoms with Crippen LogP contribution >= 0.6 is 11.6 Å². The number of halogens is 1. The second-order valence-corrected chi connectivity index (χ2v) is 6.66. The Kier molecular flexibility index (Phi) is 4.98. The molecule has 4 aromatic heterocycles. The molecule has 0 aliphatic rings. The Labute approximate surface area is 161 Å². The molecule has 0 saturated carbocycles. The first-order valence-electron chi connectivity index (χ1n) is 8.62. The van der Waals surface area contributed by atoms with Crippen molar-refractivity contribution in [2.24, 2.45) is 0 Å². The van der Waals surface area contributed by atoms with E-state index in [0.29, 0.717) is 10.9 Å². The van der Waals surface area contributed by atoms with Gasteiger partial charge in [-0.3, -0.25) is 0 Å². The summed E-state index contributed by atoms with van der Waals surface area (Å²) in [4.78, 5) is 20.7. The first kappa shape index (κ1) is 17.4. The minimum absolute atomic E-state index is 0.626. The van der Waals surface area contributed by atoms with Crippen LogP contribution in [0.3, 0.4) is 0 Å². The lowest BCUT2D eigenvalue weighted by Crippen LogP contribution is -2.01. The minimum atomic E-state index is 0.626. The van der Waals surface area contributed by atoms with E-state index in [4.69, 9.17) is 16.3 Å². The van der Waals surface area contributed by atoms with Gasteiger partial charge in [-0.1, -0.05) is 17.7 Å². The number of fused-ring (bicyclic) bond motifs is 1. The van der Waals surface area contributed by atoms with Gasteiger partial charge in [0.15, 0.2) is 0 Å². The Morgan fingerprint density at radius 2 is 1.89 bits per heavy atom. The third kappa shape index (κ3) is 3.90. The smallest absolute Gasteiger partial charge is 0.216 e. The van der Waals surface area contributed by atoms with Crippen LogP contribution in [-0.2, 0) is 19.3 Å². The molecule has 27 heavy (non-hydrogen) atoms. The fraction of sp³-hybridized carbons (Fsp3) is 0.200. The van der Waals surface area contributed by atoms with E-state index in [1.54, 1.807) is 19.5 Å². The van der Waals surface area contributed by atoms with Crippen molar-refractivity contribution < 1.29 is 4.74 Å². The van der Waals surface area contributed by atoms with Gasteiger partial charge in [0.2, 0.25) is 5.88 Å². The molecule has 0 aliphatic heterocycles. The highest BCUT2D eigenvalue weighted by Crippen LogP contribution is 2.22. The Morgan fingerprint density at radius 3 is 2.70 bits per heavy atom. The third-order valence-electron chi connectivity index (χ3n) is 4.40. The number of aromatic amines is 1. The number of hydrogen-bond donors (Lipinski definition) is 1. The highest BCUT2D eigenvalue weighted by molar-refractivity contribution is 6.31. The molecule has 6 nitrogen and oxygen atoms in total. The quantitative estimate of drug-likeness (QED) is 0.551. The Balaban J connectivity index is 1.45. The summed E-state index contributed by atoms with van der Waals surface area (Å²) in [6.07, 6.45) is 11.3. The first-order chi connectivity index (χ1) is 13.2. The number of ether oxygens (including phenoxy) is 1. The van der Waals surface area contributed by atoms with Crippen molar-refractivity contribution in [2.75, 3.05) is 7.11 Å². The largest absolute Gasteiger partial charge is 0.481 e. The molecule has 0 spiro atoms. The molecule has 4 heterocycles. The summed E-state index contributed by atoms with van der Waals surface area (Å²) >= 11 is 6.06. The highest BCUT2D eigenvalue weighted by Gasteiger charge is 2.08. The van der Waals surface area contributed by atoms with E-state index in [1.165, 1.54) is 0 Å². The maximum Gasteiger partial charge on any atom is 0.216 e. The third-order valence-corrected chi connectivity index (χ3v) is 4.60. The van der Waals surface area contributed by atoms with Gasteiger partial charge in [0.05, 0.1) is 12.1 Å². The number of nitrogens with zero attached hydrogens (tertiary/aromatic N) is 4. The van der Waals surface area contributed by atoms with Gasteiger partial charge in [0, 0.05) is 54.8 Å². The van der Waals surface area contributed by atoms with Crippen molar-refractivity contribution in [2.45, 2.75) is 19.3 Å². The van der Waals surface area contributed by atoms with Crippen LogP contribution in [0.25, 0.3) is 11.0 Å². The van der Waals surface area contributed by atoms with Gasteiger partial charge in [0.1, 0.15) is 11.5 Å². The van der Waals surface area contributed by atoms with Crippen molar-refractivity contribution in [1.29, 1.82) is 0 Å². The zero-order valence-corrected chi connectivity index (χ0v) is 15.6. The molecule has 0 unspecified atom stereocenters. The number of methoxy groups -OCH3 is 1. The van der Waals surface area contributed by atoms with E-state index in [-0.39, 0.29) is 0 Å². The molecule has 0 amide bonds. The van der Waals surface area contributed by atoms with E-state index in [0.717, 1.165) is 52.8 Å². The molecule has 0 bridgehead atoms. The molecule has 0 saturated heterocycles. The minimum Gasteiger partial charge on any atom is -0.481 e. The van der Waals surface area contributed by atoms with Crippen LogP contribution in [0.4, 0.5) is 0 Å².